The molecule has 1 N–H and O–H groups in total. The number of hydrogen-bond acceptors (Lipinski definition) is 3. The van der Waals surface area contributed by atoms with Crippen molar-refractivity contribution in [3.05, 3.63) is 42.1 Å². The van der Waals surface area contributed by atoms with Gasteiger partial charge >= 0.3 is 0 Å². The zero-order chi connectivity index (χ0) is 12.3. The number of rotatable bonds is 3. The normalized spacial score (nSPS) is 10.2. The maximum atomic E-state index is 12.7. The molecule has 88 valence electrons. The fourth-order valence-corrected chi connectivity index (χ4v) is 1.34. The van der Waals surface area contributed by atoms with Crippen LogP contribution in [-0.4, -0.2) is 27.7 Å². The molecule has 17 heavy (non-hydrogen) atoms. The molecular formula is C11H11FN4O. The molecule has 0 fully saturated rings. The van der Waals surface area contributed by atoms with Gasteiger partial charge in [-0.15, -0.1) is 0 Å². The van der Waals surface area contributed by atoms with Crippen molar-refractivity contribution in [2.24, 2.45) is 0 Å². The van der Waals surface area contributed by atoms with Gasteiger partial charge < -0.3 is 5.32 Å². The number of likely N-dealkylation sites (N-methyl/N-ethyl adjacent to an activating group) is 1. The van der Waals surface area contributed by atoms with Crippen LogP contribution in [0.2, 0.25) is 0 Å². The largest absolute Gasteiger partial charge is 0.359 e. The summed E-state index contributed by atoms with van der Waals surface area (Å²) >= 11 is 0. The van der Waals surface area contributed by atoms with Crippen molar-refractivity contribution >= 4 is 5.91 Å². The van der Waals surface area contributed by atoms with Crippen molar-refractivity contribution in [3.63, 3.8) is 0 Å². The number of pyridine rings is 1. The first-order valence-corrected chi connectivity index (χ1v) is 5.06. The smallest absolute Gasteiger partial charge is 0.225 e. The molecule has 0 atom stereocenters. The Morgan fingerprint density at radius 2 is 2.29 bits per heavy atom. The molecule has 2 heterocycles. The number of nitrogens with zero attached hydrogens (tertiary/aromatic N) is 3. The van der Waals surface area contributed by atoms with Gasteiger partial charge in [0.15, 0.2) is 5.82 Å². The minimum Gasteiger partial charge on any atom is -0.359 e. The van der Waals surface area contributed by atoms with Crippen molar-refractivity contribution in [2.75, 3.05) is 7.05 Å². The number of halogens is 1. The van der Waals surface area contributed by atoms with E-state index in [1.54, 1.807) is 19.3 Å². The van der Waals surface area contributed by atoms with Crippen molar-refractivity contribution in [1.82, 2.24) is 20.1 Å². The van der Waals surface area contributed by atoms with E-state index in [1.165, 1.54) is 16.8 Å². The Hall–Kier alpha value is -2.24. The molecule has 0 saturated carbocycles. The quantitative estimate of drug-likeness (QED) is 0.850. The fraction of sp³-hybridized carbons (Fsp3) is 0.182. The highest BCUT2D eigenvalue weighted by Crippen LogP contribution is 2.05. The summed E-state index contributed by atoms with van der Waals surface area (Å²) in [6.45, 7) is 0. The molecule has 0 bridgehead atoms. The number of amides is 1. The summed E-state index contributed by atoms with van der Waals surface area (Å²) in [5, 5.41) is 6.69. The molecule has 0 radical (unpaired) electrons. The highest BCUT2D eigenvalue weighted by molar-refractivity contribution is 5.77. The van der Waals surface area contributed by atoms with Crippen LogP contribution in [0.15, 0.2) is 30.6 Å². The van der Waals surface area contributed by atoms with Gasteiger partial charge in [0.1, 0.15) is 5.82 Å². The molecule has 1 amide bonds. The maximum Gasteiger partial charge on any atom is 0.225 e. The second-order valence-corrected chi connectivity index (χ2v) is 3.44. The number of nitrogens with one attached hydrogen (secondary N) is 1. The van der Waals surface area contributed by atoms with Gasteiger partial charge in [0.2, 0.25) is 5.91 Å². The van der Waals surface area contributed by atoms with Crippen LogP contribution in [0.4, 0.5) is 4.39 Å². The molecule has 0 aromatic carbocycles. The second kappa shape index (κ2) is 4.73. The van der Waals surface area contributed by atoms with Gasteiger partial charge in [-0.2, -0.15) is 5.10 Å². The van der Waals surface area contributed by atoms with Gasteiger partial charge in [-0.1, -0.05) is 0 Å². The highest BCUT2D eigenvalue weighted by atomic mass is 19.1. The third kappa shape index (κ3) is 2.66. The molecule has 0 aliphatic rings. The monoisotopic (exact) mass is 234 g/mol. The highest BCUT2D eigenvalue weighted by Gasteiger charge is 2.06. The summed E-state index contributed by atoms with van der Waals surface area (Å²) in [5.74, 6) is 0.00311. The van der Waals surface area contributed by atoms with Crippen molar-refractivity contribution in [1.29, 1.82) is 0 Å². The number of carbonyl (C=O) groups is 1. The zero-order valence-corrected chi connectivity index (χ0v) is 9.22. The second-order valence-electron chi connectivity index (χ2n) is 3.44. The van der Waals surface area contributed by atoms with Gasteiger partial charge in [-0.3, -0.25) is 4.79 Å². The molecule has 5 nitrogen and oxygen atoms in total. The molecular weight excluding hydrogens is 223 g/mol. The predicted octanol–water partition coefficient (Wildman–Crippen LogP) is 0.695. The number of carbonyl (C=O) groups excluding carboxylic acids is 1. The Morgan fingerprint density at radius 3 is 2.94 bits per heavy atom. The van der Waals surface area contributed by atoms with Crippen LogP contribution in [0, 0.1) is 5.82 Å². The maximum absolute atomic E-state index is 12.7. The van der Waals surface area contributed by atoms with Crippen LogP contribution in [0.25, 0.3) is 5.82 Å². The van der Waals surface area contributed by atoms with Gasteiger partial charge in [0.25, 0.3) is 0 Å². The van der Waals surface area contributed by atoms with E-state index < -0.39 is 5.82 Å². The molecule has 6 heteroatoms. The molecule has 0 aliphatic heterocycles. The van der Waals surface area contributed by atoms with E-state index in [9.17, 15) is 9.18 Å². The molecule has 2 aromatic heterocycles. The Kier molecular flexibility index (Phi) is 3.13. The van der Waals surface area contributed by atoms with E-state index in [1.807, 2.05) is 0 Å². The first kappa shape index (κ1) is 11.3. The third-order valence-electron chi connectivity index (χ3n) is 2.21. The standard InChI is InChI=1S/C11H11FN4O/c1-13-11(17)6-9-4-5-16(15-9)10-3-2-8(12)7-14-10/h2-5,7H,6H2,1H3,(H,13,17). The zero-order valence-electron chi connectivity index (χ0n) is 9.22. The Labute approximate surface area is 97.3 Å². The Morgan fingerprint density at radius 1 is 1.47 bits per heavy atom. The first-order valence-electron chi connectivity index (χ1n) is 5.06. The summed E-state index contributed by atoms with van der Waals surface area (Å²) in [6.07, 6.45) is 3.01. The van der Waals surface area contributed by atoms with E-state index in [2.05, 4.69) is 15.4 Å². The van der Waals surface area contributed by atoms with Crippen LogP contribution >= 0.6 is 0 Å². The minimum absolute atomic E-state index is 0.109. The SMILES string of the molecule is CNC(=O)Cc1ccn(-c2ccc(F)cn2)n1. The average molecular weight is 234 g/mol. The van der Waals surface area contributed by atoms with Gasteiger partial charge in [0.05, 0.1) is 18.3 Å². The van der Waals surface area contributed by atoms with Crippen LogP contribution in [0.3, 0.4) is 0 Å². The van der Waals surface area contributed by atoms with Crippen LogP contribution in [0.5, 0.6) is 0 Å². The predicted molar refractivity (Wildman–Crippen MR) is 59.1 cm³/mol. The first-order chi connectivity index (χ1) is 8.19. The minimum atomic E-state index is -0.397. The van der Waals surface area contributed by atoms with E-state index >= 15 is 0 Å². The summed E-state index contributed by atoms with van der Waals surface area (Å²) in [4.78, 5) is 15.0. The van der Waals surface area contributed by atoms with E-state index in [0.717, 1.165) is 6.20 Å². The van der Waals surface area contributed by atoms with Crippen LogP contribution in [0.1, 0.15) is 5.69 Å². The van der Waals surface area contributed by atoms with Gasteiger partial charge in [-0.05, 0) is 18.2 Å². The van der Waals surface area contributed by atoms with Crippen molar-refractivity contribution in [2.45, 2.75) is 6.42 Å². The van der Waals surface area contributed by atoms with Crippen LogP contribution in [-0.2, 0) is 11.2 Å². The average Bonchev–Trinajstić information content (AvgIpc) is 2.78. The lowest BCUT2D eigenvalue weighted by molar-refractivity contribution is -0.120. The summed E-state index contributed by atoms with van der Waals surface area (Å²) < 4.78 is 14.2. The Bertz CT molecular complexity index is 521. The number of hydrogen-bond donors (Lipinski definition) is 1. The van der Waals surface area contributed by atoms with Gasteiger partial charge in [0, 0.05) is 13.2 Å². The summed E-state index contributed by atoms with van der Waals surface area (Å²) in [5.41, 5.74) is 0.635. The Balaban J connectivity index is 2.18. The molecule has 0 spiro atoms. The number of aromatic nitrogens is 3. The van der Waals surface area contributed by atoms with Crippen LogP contribution < -0.4 is 5.32 Å². The molecule has 0 saturated heterocycles. The van der Waals surface area contributed by atoms with E-state index in [4.69, 9.17) is 0 Å². The molecule has 0 unspecified atom stereocenters. The topological polar surface area (TPSA) is 59.8 Å². The van der Waals surface area contributed by atoms with Gasteiger partial charge in [-0.25, -0.2) is 14.1 Å². The van der Waals surface area contributed by atoms with Crippen molar-refractivity contribution in [3.8, 4) is 5.82 Å². The molecule has 2 aromatic rings. The van der Waals surface area contributed by atoms with E-state index in [-0.39, 0.29) is 12.3 Å². The summed E-state index contributed by atoms with van der Waals surface area (Å²) in [7, 11) is 1.57. The molecule has 2 rings (SSSR count). The molecule has 0 aliphatic carbocycles. The lowest BCUT2D eigenvalue weighted by Gasteiger charge is -1.99. The third-order valence-corrected chi connectivity index (χ3v) is 2.21. The lowest BCUT2D eigenvalue weighted by atomic mass is 10.3. The lowest BCUT2D eigenvalue weighted by Crippen LogP contribution is -2.20. The van der Waals surface area contributed by atoms with E-state index in [0.29, 0.717) is 11.5 Å². The van der Waals surface area contributed by atoms with Crippen molar-refractivity contribution < 1.29 is 9.18 Å². The fourth-order valence-electron chi connectivity index (χ4n) is 1.34. The summed E-state index contributed by atoms with van der Waals surface area (Å²) in [6, 6.07) is 4.55.